The Labute approximate surface area is 113 Å². The van der Waals surface area contributed by atoms with Crippen molar-refractivity contribution in [3.05, 3.63) is 44.0 Å². The van der Waals surface area contributed by atoms with Crippen molar-refractivity contribution in [3.63, 3.8) is 0 Å². The van der Waals surface area contributed by atoms with Gasteiger partial charge in [-0.05, 0) is 6.07 Å². The molecule has 0 saturated carbocycles. The van der Waals surface area contributed by atoms with Crippen LogP contribution >= 0.6 is 0 Å². The molecule has 0 aromatic heterocycles. The summed E-state index contributed by atoms with van der Waals surface area (Å²) in [5.41, 5.74) is 7.72. The molecular weight excluding hydrogens is 303 g/mol. The Kier molecular flexibility index (Phi) is 5.85. The minimum atomic E-state index is -4.71. The van der Waals surface area contributed by atoms with Crippen LogP contribution in [-0.2, 0) is 6.18 Å². The van der Waals surface area contributed by atoms with Crippen molar-refractivity contribution in [1.82, 2.24) is 0 Å². The zero-order chi connectivity index (χ0) is 16.8. The molecule has 0 spiro atoms. The highest BCUT2D eigenvalue weighted by atomic mass is 19.4. The number of benzene rings is 1. The fourth-order valence-corrected chi connectivity index (χ4v) is 1.08. The van der Waals surface area contributed by atoms with E-state index in [2.05, 4.69) is 4.99 Å². The maximum Gasteiger partial charge on any atom is 0.416 e. The number of hydrogen-bond donors (Lipinski definition) is 3. The van der Waals surface area contributed by atoms with Crippen LogP contribution in [0.15, 0.2) is 23.2 Å². The summed E-state index contributed by atoms with van der Waals surface area (Å²) in [5, 5.41) is 24.1. The lowest BCUT2D eigenvalue weighted by Gasteiger charge is -2.07. The van der Waals surface area contributed by atoms with E-state index in [1.807, 2.05) is 0 Å². The van der Waals surface area contributed by atoms with E-state index in [9.17, 15) is 23.3 Å². The van der Waals surface area contributed by atoms with Crippen LogP contribution in [-0.4, -0.2) is 21.2 Å². The normalized spacial score (nSPS) is 10.0. The fourth-order valence-electron chi connectivity index (χ4n) is 1.08. The average Bonchev–Trinajstić information content (AvgIpc) is 2.25. The van der Waals surface area contributed by atoms with Crippen LogP contribution in [0.4, 0.5) is 24.5 Å². The van der Waals surface area contributed by atoms with Crippen molar-refractivity contribution < 1.29 is 28.4 Å². The van der Waals surface area contributed by atoms with E-state index < -0.39 is 33.4 Å². The van der Waals surface area contributed by atoms with Gasteiger partial charge in [-0.2, -0.15) is 13.2 Å². The van der Waals surface area contributed by atoms with Crippen molar-refractivity contribution in [1.29, 1.82) is 0 Å². The number of halogens is 3. The Morgan fingerprint density at radius 2 is 1.67 bits per heavy atom. The molecule has 0 heterocycles. The first kappa shape index (κ1) is 17.9. The van der Waals surface area contributed by atoms with E-state index >= 15 is 0 Å². The molecule has 0 atom stereocenters. The molecule has 0 amide bonds. The lowest BCUT2D eigenvalue weighted by Crippen LogP contribution is -2.22. The molecule has 0 unspecified atom stereocenters. The van der Waals surface area contributed by atoms with Crippen LogP contribution in [0.5, 0.6) is 0 Å². The molecule has 1 rings (SSSR count). The highest BCUT2D eigenvalue weighted by Gasteiger charge is 2.32. The van der Waals surface area contributed by atoms with Gasteiger partial charge in [0.25, 0.3) is 10.8 Å². The molecule has 0 saturated heterocycles. The number of alkyl halides is 3. The van der Waals surface area contributed by atoms with Crippen molar-refractivity contribution >= 4 is 17.3 Å². The third kappa shape index (κ3) is 7.14. The first-order chi connectivity index (χ1) is 9.43. The molecule has 5 N–H and O–H groups in total. The summed E-state index contributed by atoms with van der Waals surface area (Å²) in [6, 6.07) is 1.87. The number of nitrogens with two attached hydrogens (primary N) is 2. The zero-order valence-electron chi connectivity index (χ0n) is 9.94. The van der Waals surface area contributed by atoms with Gasteiger partial charge in [0.05, 0.1) is 16.2 Å². The van der Waals surface area contributed by atoms with E-state index in [0.717, 1.165) is 6.07 Å². The molecule has 0 aliphatic heterocycles. The van der Waals surface area contributed by atoms with Crippen molar-refractivity contribution in [2.45, 2.75) is 6.18 Å². The number of guanidine groups is 1. The second-order valence-corrected chi connectivity index (χ2v) is 3.27. The first-order valence-electron chi connectivity index (χ1n) is 4.73. The van der Waals surface area contributed by atoms with Gasteiger partial charge >= 0.3 is 6.18 Å². The van der Waals surface area contributed by atoms with Crippen LogP contribution in [0.3, 0.4) is 0 Å². The monoisotopic (exact) mass is 311 g/mol. The SMILES string of the molecule is NC(N)=Nc1cc([N+](=O)[O-])cc(C(F)(F)F)c1.O=[N+]([O-])O. The van der Waals surface area contributed by atoms with Gasteiger partial charge in [0.15, 0.2) is 5.96 Å². The maximum atomic E-state index is 12.4. The Morgan fingerprint density at radius 1 is 1.19 bits per heavy atom. The smallest absolute Gasteiger partial charge is 0.370 e. The number of aliphatic imine (C=N–C) groups is 1. The number of non-ortho nitro benzene ring substituents is 1. The molecule has 0 bridgehead atoms. The van der Waals surface area contributed by atoms with Crippen LogP contribution in [0.2, 0.25) is 0 Å². The van der Waals surface area contributed by atoms with Crippen LogP contribution in [0, 0.1) is 20.2 Å². The quantitative estimate of drug-likeness (QED) is 0.318. The van der Waals surface area contributed by atoms with E-state index in [1.165, 1.54) is 0 Å². The topological polar surface area (TPSA) is 171 Å². The summed E-state index contributed by atoms with van der Waals surface area (Å²) >= 11 is 0. The zero-order valence-corrected chi connectivity index (χ0v) is 9.94. The van der Waals surface area contributed by atoms with Crippen molar-refractivity contribution in [3.8, 4) is 0 Å². The van der Waals surface area contributed by atoms with Gasteiger partial charge < -0.3 is 16.7 Å². The van der Waals surface area contributed by atoms with Gasteiger partial charge in [0.1, 0.15) is 0 Å². The molecule has 0 aliphatic rings. The number of hydrogen-bond acceptors (Lipinski definition) is 5. The number of nitro benzene ring substituents is 1. The van der Waals surface area contributed by atoms with E-state index in [0.29, 0.717) is 12.1 Å². The summed E-state index contributed by atoms with van der Waals surface area (Å²) in [6.07, 6.45) is -4.71. The van der Waals surface area contributed by atoms with E-state index in [4.69, 9.17) is 26.8 Å². The Morgan fingerprint density at radius 3 is 2.00 bits per heavy atom. The van der Waals surface area contributed by atoms with Crippen LogP contribution < -0.4 is 11.5 Å². The van der Waals surface area contributed by atoms with Gasteiger partial charge in [0, 0.05) is 12.1 Å². The third-order valence-electron chi connectivity index (χ3n) is 1.70. The molecule has 1 aromatic carbocycles. The predicted octanol–water partition coefficient (Wildman–Crippen LogP) is 1.17. The molecule has 10 nitrogen and oxygen atoms in total. The predicted molar refractivity (Wildman–Crippen MR) is 62.3 cm³/mol. The van der Waals surface area contributed by atoms with Gasteiger partial charge in [-0.15, -0.1) is 10.1 Å². The van der Waals surface area contributed by atoms with Crippen LogP contribution in [0.25, 0.3) is 0 Å². The van der Waals surface area contributed by atoms with Gasteiger partial charge in [0.2, 0.25) is 0 Å². The number of nitrogens with zero attached hydrogens (tertiary/aromatic N) is 3. The minimum Gasteiger partial charge on any atom is -0.370 e. The second kappa shape index (κ2) is 6.88. The standard InChI is InChI=1S/C8H7F3N4O2.HNO3/c9-8(10,11)4-1-5(14-7(12)13)3-6(2-4)15(16)17;2-1(3)4/h1-3H,(H4,12,13,14);(H,2,3,4). The molecule has 0 radical (unpaired) electrons. The molecule has 0 aliphatic carbocycles. The summed E-state index contributed by atoms with van der Waals surface area (Å²) in [5.74, 6) is -0.487. The number of nitro groups is 1. The largest absolute Gasteiger partial charge is 0.416 e. The fraction of sp³-hybridized carbons (Fsp3) is 0.125. The molecule has 13 heteroatoms. The summed E-state index contributed by atoms with van der Waals surface area (Å²) < 4.78 is 37.2. The molecule has 1 aromatic rings. The highest BCUT2D eigenvalue weighted by molar-refractivity contribution is 5.79. The maximum absolute atomic E-state index is 12.4. The van der Waals surface area contributed by atoms with E-state index in [-0.39, 0.29) is 5.69 Å². The van der Waals surface area contributed by atoms with Crippen molar-refractivity contribution in [2.24, 2.45) is 16.5 Å². The average molecular weight is 311 g/mol. The Hall–Kier alpha value is -3.12. The Bertz CT molecular complexity index is 566. The first-order valence-corrected chi connectivity index (χ1v) is 4.73. The minimum absolute atomic E-state index is 0.327. The number of rotatable bonds is 2. The molecule has 116 valence electrons. The molecule has 0 fully saturated rings. The van der Waals surface area contributed by atoms with Crippen LogP contribution in [0.1, 0.15) is 5.56 Å². The lowest BCUT2D eigenvalue weighted by molar-refractivity contribution is -0.742. The second-order valence-electron chi connectivity index (χ2n) is 3.27. The summed E-state index contributed by atoms with van der Waals surface area (Å²) in [4.78, 5) is 21.2. The molecular formula is C8H8F3N5O5. The van der Waals surface area contributed by atoms with Gasteiger partial charge in [-0.3, -0.25) is 10.1 Å². The molecule has 21 heavy (non-hydrogen) atoms. The Balaban J connectivity index is 0.000000885. The summed E-state index contributed by atoms with van der Waals surface area (Å²) in [6.45, 7) is 0. The van der Waals surface area contributed by atoms with Gasteiger partial charge in [-0.25, -0.2) is 4.99 Å². The van der Waals surface area contributed by atoms with E-state index in [1.54, 1.807) is 0 Å². The van der Waals surface area contributed by atoms with Crippen molar-refractivity contribution in [2.75, 3.05) is 0 Å². The lowest BCUT2D eigenvalue weighted by atomic mass is 10.1. The summed E-state index contributed by atoms with van der Waals surface area (Å²) in [7, 11) is 0. The van der Waals surface area contributed by atoms with Gasteiger partial charge in [-0.1, -0.05) is 0 Å². The highest BCUT2D eigenvalue weighted by Crippen LogP contribution is 2.34. The third-order valence-corrected chi connectivity index (χ3v) is 1.70.